The van der Waals surface area contributed by atoms with Gasteiger partial charge >= 0.3 is 5.00 Å². The second-order valence-corrected chi connectivity index (χ2v) is 5.29. The zero-order valence-electron chi connectivity index (χ0n) is 12.0. The summed E-state index contributed by atoms with van der Waals surface area (Å²) in [5, 5.41) is 13.3. The highest BCUT2D eigenvalue weighted by atomic mass is 32.1. The van der Waals surface area contributed by atoms with Gasteiger partial charge in [-0.3, -0.25) is 14.9 Å². The number of nitrogens with one attached hydrogen (secondary N) is 1. The number of thiophene rings is 1. The third-order valence-corrected chi connectivity index (χ3v) is 3.96. The Morgan fingerprint density at radius 2 is 2.05 bits per heavy atom. The van der Waals surface area contributed by atoms with Crippen molar-refractivity contribution >= 4 is 22.2 Å². The van der Waals surface area contributed by atoms with Crippen LogP contribution in [0.15, 0.2) is 30.3 Å². The first-order valence-corrected chi connectivity index (χ1v) is 7.10. The molecule has 1 aromatic heterocycles. The molecule has 1 heterocycles. The molecule has 0 bridgehead atoms. The molecule has 1 aromatic carbocycles. The standard InChI is InChI=1S/C14H14N2O5S/c1-20-10-5-3-4-9(13(10)21-2)8-15-14(17)11-6-7-12(22-11)16(18)19/h3-7H,8H2,1-2H3,(H,15,17). The van der Waals surface area contributed by atoms with E-state index in [9.17, 15) is 14.9 Å². The molecule has 8 heteroatoms. The van der Waals surface area contributed by atoms with Crippen molar-refractivity contribution in [1.82, 2.24) is 5.32 Å². The minimum absolute atomic E-state index is 0.0656. The number of hydrogen-bond acceptors (Lipinski definition) is 6. The molecule has 22 heavy (non-hydrogen) atoms. The number of hydrogen-bond donors (Lipinski definition) is 1. The van der Waals surface area contributed by atoms with E-state index in [0.717, 1.165) is 16.9 Å². The van der Waals surface area contributed by atoms with Gasteiger partial charge in [0.05, 0.1) is 24.0 Å². The summed E-state index contributed by atoms with van der Waals surface area (Å²) in [7, 11) is 3.05. The van der Waals surface area contributed by atoms with E-state index < -0.39 is 4.92 Å². The van der Waals surface area contributed by atoms with Gasteiger partial charge < -0.3 is 14.8 Å². The number of carbonyl (C=O) groups excluding carboxylic acids is 1. The first-order chi connectivity index (χ1) is 10.6. The zero-order valence-corrected chi connectivity index (χ0v) is 12.8. The van der Waals surface area contributed by atoms with Crippen LogP contribution in [-0.4, -0.2) is 25.1 Å². The molecule has 2 aromatic rings. The molecule has 0 radical (unpaired) electrons. The van der Waals surface area contributed by atoms with Crippen LogP contribution in [0.5, 0.6) is 11.5 Å². The van der Waals surface area contributed by atoms with Crippen molar-refractivity contribution in [2.45, 2.75) is 6.54 Å². The van der Waals surface area contributed by atoms with Crippen LogP contribution in [0.25, 0.3) is 0 Å². The van der Waals surface area contributed by atoms with Crippen molar-refractivity contribution in [2.24, 2.45) is 0 Å². The summed E-state index contributed by atoms with van der Waals surface area (Å²) in [5.41, 5.74) is 0.751. The topological polar surface area (TPSA) is 90.7 Å². The second-order valence-electron chi connectivity index (χ2n) is 4.23. The molecule has 116 valence electrons. The van der Waals surface area contributed by atoms with Crippen molar-refractivity contribution in [3.8, 4) is 11.5 Å². The van der Waals surface area contributed by atoms with Crippen LogP contribution in [0.3, 0.4) is 0 Å². The summed E-state index contributed by atoms with van der Waals surface area (Å²) >= 11 is 0.835. The summed E-state index contributed by atoms with van der Waals surface area (Å²) in [6.45, 7) is 0.227. The van der Waals surface area contributed by atoms with E-state index in [2.05, 4.69) is 5.32 Å². The normalized spacial score (nSPS) is 10.1. The van der Waals surface area contributed by atoms with Crippen molar-refractivity contribution in [2.75, 3.05) is 14.2 Å². The lowest BCUT2D eigenvalue weighted by atomic mass is 10.2. The van der Waals surface area contributed by atoms with Gasteiger partial charge in [0.2, 0.25) is 0 Å². The first kappa shape index (κ1) is 15.8. The fraction of sp³-hybridized carbons (Fsp3) is 0.214. The molecule has 1 amide bonds. The number of nitrogens with zero attached hydrogens (tertiary/aromatic N) is 1. The van der Waals surface area contributed by atoms with Gasteiger partial charge in [0.15, 0.2) is 11.5 Å². The number of carbonyl (C=O) groups is 1. The quantitative estimate of drug-likeness (QED) is 0.652. The maximum Gasteiger partial charge on any atom is 0.324 e. The van der Waals surface area contributed by atoms with Crippen LogP contribution < -0.4 is 14.8 Å². The summed E-state index contributed by atoms with van der Waals surface area (Å²) in [4.78, 5) is 22.4. The number of methoxy groups -OCH3 is 2. The zero-order chi connectivity index (χ0) is 16.1. The highest BCUT2D eigenvalue weighted by molar-refractivity contribution is 7.17. The molecule has 0 aliphatic heterocycles. The molecule has 0 saturated carbocycles. The Kier molecular flexibility index (Phi) is 4.95. The Labute approximate surface area is 130 Å². The van der Waals surface area contributed by atoms with E-state index in [0.29, 0.717) is 11.5 Å². The van der Waals surface area contributed by atoms with Gasteiger partial charge in [-0.25, -0.2) is 0 Å². The van der Waals surface area contributed by atoms with Crippen LogP contribution >= 0.6 is 11.3 Å². The van der Waals surface area contributed by atoms with Crippen molar-refractivity contribution < 1.29 is 19.2 Å². The Morgan fingerprint density at radius 1 is 1.27 bits per heavy atom. The van der Waals surface area contributed by atoms with Crippen LogP contribution in [0.1, 0.15) is 15.2 Å². The lowest BCUT2D eigenvalue weighted by molar-refractivity contribution is -0.380. The maximum atomic E-state index is 12.0. The Morgan fingerprint density at radius 3 is 2.64 bits per heavy atom. The van der Waals surface area contributed by atoms with Crippen molar-refractivity contribution in [3.63, 3.8) is 0 Å². The molecule has 0 spiro atoms. The Hall–Kier alpha value is -2.61. The minimum Gasteiger partial charge on any atom is -0.493 e. The van der Waals surface area contributed by atoms with Gasteiger partial charge in [-0.15, -0.1) is 0 Å². The van der Waals surface area contributed by atoms with E-state index >= 15 is 0 Å². The number of ether oxygens (including phenoxy) is 2. The smallest absolute Gasteiger partial charge is 0.324 e. The lowest BCUT2D eigenvalue weighted by Crippen LogP contribution is -2.22. The number of rotatable bonds is 6. The molecule has 1 N–H and O–H groups in total. The fourth-order valence-corrected chi connectivity index (χ4v) is 2.64. The molecule has 0 fully saturated rings. The number of para-hydroxylation sites is 1. The van der Waals surface area contributed by atoms with Crippen molar-refractivity contribution in [1.29, 1.82) is 0 Å². The third kappa shape index (κ3) is 3.34. The monoisotopic (exact) mass is 322 g/mol. The molecule has 0 atom stereocenters. The van der Waals surface area contributed by atoms with E-state index in [1.54, 1.807) is 18.2 Å². The molecule has 0 unspecified atom stereocenters. The molecule has 0 aliphatic carbocycles. The Balaban J connectivity index is 2.09. The summed E-state index contributed by atoms with van der Waals surface area (Å²) in [6, 6.07) is 8.09. The lowest BCUT2D eigenvalue weighted by Gasteiger charge is -2.12. The van der Waals surface area contributed by atoms with Crippen LogP contribution in [0.2, 0.25) is 0 Å². The predicted molar refractivity (Wildman–Crippen MR) is 81.7 cm³/mol. The minimum atomic E-state index is -0.521. The van der Waals surface area contributed by atoms with Gasteiger partial charge in [-0.2, -0.15) is 0 Å². The largest absolute Gasteiger partial charge is 0.493 e. The molecule has 0 aliphatic rings. The maximum absolute atomic E-state index is 12.0. The Bertz CT molecular complexity index is 698. The third-order valence-electron chi connectivity index (χ3n) is 2.92. The van der Waals surface area contributed by atoms with Gasteiger partial charge in [0.1, 0.15) is 0 Å². The van der Waals surface area contributed by atoms with Crippen LogP contribution in [0, 0.1) is 10.1 Å². The molecule has 0 saturated heterocycles. The SMILES string of the molecule is COc1cccc(CNC(=O)c2ccc([N+](=O)[O-])s2)c1OC. The summed E-state index contributed by atoms with van der Waals surface area (Å²) in [6.07, 6.45) is 0. The number of amides is 1. The summed E-state index contributed by atoms with van der Waals surface area (Å²) < 4.78 is 10.5. The predicted octanol–water partition coefficient (Wildman–Crippen LogP) is 2.60. The molecule has 7 nitrogen and oxygen atoms in total. The second kappa shape index (κ2) is 6.90. The van der Waals surface area contributed by atoms with Gasteiger partial charge in [0, 0.05) is 18.2 Å². The highest BCUT2D eigenvalue weighted by Crippen LogP contribution is 2.30. The van der Waals surface area contributed by atoms with E-state index in [4.69, 9.17) is 9.47 Å². The first-order valence-electron chi connectivity index (χ1n) is 6.29. The van der Waals surface area contributed by atoms with Gasteiger partial charge in [0.25, 0.3) is 5.91 Å². The van der Waals surface area contributed by atoms with E-state index in [-0.39, 0.29) is 22.3 Å². The fourth-order valence-electron chi connectivity index (χ4n) is 1.90. The number of nitro groups is 1. The average Bonchev–Trinajstić information content (AvgIpc) is 3.02. The molecular formula is C14H14N2O5S. The van der Waals surface area contributed by atoms with E-state index in [1.807, 2.05) is 0 Å². The average molecular weight is 322 g/mol. The van der Waals surface area contributed by atoms with Gasteiger partial charge in [-0.1, -0.05) is 23.5 Å². The van der Waals surface area contributed by atoms with Crippen LogP contribution in [0.4, 0.5) is 5.00 Å². The molecule has 2 rings (SSSR count). The van der Waals surface area contributed by atoms with Crippen molar-refractivity contribution in [3.05, 3.63) is 50.9 Å². The molecular weight excluding hydrogens is 308 g/mol. The summed E-state index contributed by atoms with van der Waals surface area (Å²) in [5.74, 6) is 0.742. The van der Waals surface area contributed by atoms with E-state index in [1.165, 1.54) is 26.4 Å². The number of benzene rings is 1. The van der Waals surface area contributed by atoms with Gasteiger partial charge in [-0.05, 0) is 12.1 Å². The van der Waals surface area contributed by atoms with Crippen LogP contribution in [-0.2, 0) is 6.54 Å². The highest BCUT2D eigenvalue weighted by Gasteiger charge is 2.16.